The molecule has 3 heterocycles. The second-order valence-corrected chi connectivity index (χ2v) is 8.15. The Bertz CT molecular complexity index is 747. The molecule has 3 aliphatic heterocycles. The molecule has 1 aromatic rings. The van der Waals surface area contributed by atoms with Crippen LogP contribution in [0.2, 0.25) is 0 Å². The van der Waals surface area contributed by atoms with Crippen LogP contribution in [0.4, 0.5) is 25.0 Å². The molecule has 4 rings (SSSR count). The second-order valence-electron chi connectivity index (χ2n) is 7.16. The topological polar surface area (TPSA) is 61.9 Å². The van der Waals surface area contributed by atoms with Crippen LogP contribution >= 0.6 is 11.8 Å². The third kappa shape index (κ3) is 2.98. The second kappa shape index (κ2) is 6.29. The number of carbonyl (C=O) groups excluding carboxylic acids is 2. The van der Waals surface area contributed by atoms with Gasteiger partial charge in [-0.2, -0.15) is 11.8 Å². The summed E-state index contributed by atoms with van der Waals surface area (Å²) in [5.41, 5.74) is 0.310. The Morgan fingerprint density at radius 3 is 2.58 bits per heavy atom. The van der Waals surface area contributed by atoms with E-state index in [4.69, 9.17) is 4.74 Å². The summed E-state index contributed by atoms with van der Waals surface area (Å²) in [5, 5.41) is 2.56. The largest absolute Gasteiger partial charge is 0.442 e. The fourth-order valence-corrected chi connectivity index (χ4v) is 4.75. The number of nitrogens with one attached hydrogen (secondary N) is 1. The molecule has 3 aliphatic rings. The number of amides is 2. The molecule has 0 unspecified atom stereocenters. The number of nitrogens with zero attached hydrogens (tertiary/aromatic N) is 2. The van der Waals surface area contributed by atoms with Crippen molar-refractivity contribution in [2.45, 2.75) is 13.0 Å². The van der Waals surface area contributed by atoms with Gasteiger partial charge in [0.2, 0.25) is 5.91 Å². The zero-order valence-electron chi connectivity index (χ0n) is 14.3. The fraction of sp³-hybridized carbons (Fsp3) is 0.529. The van der Waals surface area contributed by atoms with Crippen LogP contribution in [-0.4, -0.2) is 55.8 Å². The number of benzene rings is 1. The Morgan fingerprint density at radius 1 is 1.38 bits per heavy atom. The maximum Gasteiger partial charge on any atom is 0.414 e. The van der Waals surface area contributed by atoms with E-state index >= 15 is 0 Å². The van der Waals surface area contributed by atoms with Gasteiger partial charge in [0.1, 0.15) is 11.8 Å². The highest BCUT2D eigenvalue weighted by molar-refractivity contribution is 8.00. The maximum absolute atomic E-state index is 14.6. The first-order valence-corrected chi connectivity index (χ1v) is 9.57. The molecule has 142 valence electrons. The quantitative estimate of drug-likeness (QED) is 0.861. The summed E-state index contributed by atoms with van der Waals surface area (Å²) in [5.74, 6) is 0.485. The summed E-state index contributed by atoms with van der Waals surface area (Å²) in [7, 11) is 0. The molecular formula is C17H21F2N3O3S. The average molecular weight is 385 g/mol. The summed E-state index contributed by atoms with van der Waals surface area (Å²) >= 11 is 1.85. The van der Waals surface area contributed by atoms with Crippen LogP contribution in [0.3, 0.4) is 0 Å². The van der Waals surface area contributed by atoms with E-state index in [9.17, 15) is 18.4 Å². The SMILES string of the molecule is CC(=O)NC[C@H]1CN(c2cc(F)c(N3CC4(CSC4)C3)c(F)c2)C(=O)O1.[HH]. The Balaban J connectivity index is 0.00000210. The van der Waals surface area contributed by atoms with Gasteiger partial charge >= 0.3 is 6.09 Å². The van der Waals surface area contributed by atoms with Gasteiger partial charge in [0.05, 0.1) is 18.8 Å². The predicted octanol–water partition coefficient (Wildman–Crippen LogP) is 2.23. The predicted molar refractivity (Wildman–Crippen MR) is 96.7 cm³/mol. The van der Waals surface area contributed by atoms with Gasteiger partial charge in [-0.25, -0.2) is 13.6 Å². The average Bonchev–Trinajstić information content (AvgIpc) is 2.85. The fourth-order valence-electron chi connectivity index (χ4n) is 3.60. The molecule has 0 radical (unpaired) electrons. The minimum Gasteiger partial charge on any atom is -0.442 e. The first kappa shape index (κ1) is 17.4. The number of hydrogen-bond donors (Lipinski definition) is 1. The van der Waals surface area contributed by atoms with Gasteiger partial charge in [0.15, 0.2) is 11.6 Å². The number of carbonyl (C=O) groups is 2. The van der Waals surface area contributed by atoms with E-state index in [0.717, 1.165) is 11.5 Å². The van der Waals surface area contributed by atoms with Crippen molar-refractivity contribution < 1.29 is 24.5 Å². The van der Waals surface area contributed by atoms with E-state index in [2.05, 4.69) is 5.32 Å². The van der Waals surface area contributed by atoms with Crippen molar-refractivity contribution in [1.29, 1.82) is 0 Å². The van der Waals surface area contributed by atoms with Crippen molar-refractivity contribution in [3.8, 4) is 0 Å². The molecule has 0 aliphatic carbocycles. The lowest BCUT2D eigenvalue weighted by Crippen LogP contribution is -2.63. The van der Waals surface area contributed by atoms with Crippen LogP contribution in [0.1, 0.15) is 8.35 Å². The Kier molecular flexibility index (Phi) is 4.21. The Labute approximate surface area is 155 Å². The number of rotatable bonds is 4. The molecule has 1 aromatic carbocycles. The molecule has 2 amide bonds. The summed E-state index contributed by atoms with van der Waals surface area (Å²) < 4.78 is 34.3. The normalized spacial score (nSPS) is 23.5. The molecule has 6 nitrogen and oxygen atoms in total. The number of cyclic esters (lactones) is 1. The van der Waals surface area contributed by atoms with E-state index in [-0.39, 0.29) is 37.2 Å². The van der Waals surface area contributed by atoms with Gasteiger partial charge in [-0.1, -0.05) is 0 Å². The molecule has 1 N–H and O–H groups in total. The zero-order chi connectivity index (χ0) is 18.5. The van der Waals surface area contributed by atoms with E-state index < -0.39 is 23.8 Å². The number of halogens is 2. The van der Waals surface area contributed by atoms with E-state index in [1.54, 1.807) is 4.90 Å². The lowest BCUT2D eigenvalue weighted by molar-refractivity contribution is -0.119. The first-order valence-electron chi connectivity index (χ1n) is 8.41. The van der Waals surface area contributed by atoms with Crippen LogP contribution in [0.25, 0.3) is 0 Å². The molecule has 0 aromatic heterocycles. The van der Waals surface area contributed by atoms with Crippen molar-refractivity contribution in [2.24, 2.45) is 5.41 Å². The summed E-state index contributed by atoms with van der Waals surface area (Å²) in [6, 6.07) is 2.34. The molecule has 1 atom stereocenters. The van der Waals surface area contributed by atoms with Gasteiger partial charge in [0.25, 0.3) is 0 Å². The van der Waals surface area contributed by atoms with Crippen molar-refractivity contribution in [3.05, 3.63) is 23.8 Å². The van der Waals surface area contributed by atoms with Crippen molar-refractivity contribution in [3.63, 3.8) is 0 Å². The van der Waals surface area contributed by atoms with Crippen LogP contribution in [0, 0.1) is 17.0 Å². The summed E-state index contributed by atoms with van der Waals surface area (Å²) in [6.07, 6.45) is -1.23. The van der Waals surface area contributed by atoms with E-state index in [1.165, 1.54) is 24.0 Å². The molecular weight excluding hydrogens is 364 g/mol. The number of thioether (sulfide) groups is 1. The summed E-state index contributed by atoms with van der Waals surface area (Å²) in [4.78, 5) is 25.9. The monoisotopic (exact) mass is 385 g/mol. The highest BCUT2D eigenvalue weighted by Crippen LogP contribution is 2.48. The third-order valence-electron chi connectivity index (χ3n) is 4.95. The van der Waals surface area contributed by atoms with Crippen LogP contribution in [0.5, 0.6) is 0 Å². The minimum absolute atomic E-state index is 0. The van der Waals surface area contributed by atoms with Gasteiger partial charge in [0, 0.05) is 50.5 Å². The lowest BCUT2D eigenvalue weighted by Gasteiger charge is -2.56. The van der Waals surface area contributed by atoms with Crippen molar-refractivity contribution >= 4 is 35.1 Å². The molecule has 0 bridgehead atoms. The first-order chi connectivity index (χ1) is 12.4. The molecule has 3 fully saturated rings. The van der Waals surface area contributed by atoms with E-state index in [1.807, 2.05) is 11.8 Å². The van der Waals surface area contributed by atoms with Gasteiger partial charge in [-0.05, 0) is 0 Å². The highest BCUT2D eigenvalue weighted by atomic mass is 32.2. The highest BCUT2D eigenvalue weighted by Gasteiger charge is 2.49. The number of hydrogen-bond acceptors (Lipinski definition) is 5. The van der Waals surface area contributed by atoms with Crippen LogP contribution in [0.15, 0.2) is 12.1 Å². The van der Waals surface area contributed by atoms with Crippen molar-refractivity contribution in [1.82, 2.24) is 5.32 Å². The summed E-state index contributed by atoms with van der Waals surface area (Å²) in [6.45, 7) is 2.98. The van der Waals surface area contributed by atoms with Crippen LogP contribution in [-0.2, 0) is 9.53 Å². The van der Waals surface area contributed by atoms with E-state index in [0.29, 0.717) is 13.1 Å². The van der Waals surface area contributed by atoms with Gasteiger partial charge in [-0.15, -0.1) is 0 Å². The molecule has 1 spiro atoms. The third-order valence-corrected chi connectivity index (χ3v) is 6.58. The Morgan fingerprint density at radius 2 is 2.04 bits per heavy atom. The molecule has 3 saturated heterocycles. The number of ether oxygens (including phenoxy) is 1. The van der Waals surface area contributed by atoms with Crippen molar-refractivity contribution in [2.75, 3.05) is 47.5 Å². The minimum atomic E-state index is -0.681. The maximum atomic E-state index is 14.6. The van der Waals surface area contributed by atoms with Crippen LogP contribution < -0.4 is 15.1 Å². The Hall–Kier alpha value is -2.03. The standard InChI is InChI=1S/C17H19F2N3O3S.H2/c1-10(23)20-4-12-5-22(16(24)25-12)11-2-13(18)15(14(19)3-11)21-6-17(7-21)8-26-9-17;/h2-3,12H,4-9H2,1H3,(H,20,23);1H/t12-;/m0./s1. The lowest BCUT2D eigenvalue weighted by atomic mass is 9.82. The number of anilines is 2. The molecule has 26 heavy (non-hydrogen) atoms. The van der Waals surface area contributed by atoms with Gasteiger partial charge in [-0.3, -0.25) is 9.69 Å². The molecule has 9 heteroatoms. The van der Waals surface area contributed by atoms with Gasteiger partial charge < -0.3 is 15.0 Å². The molecule has 0 saturated carbocycles. The zero-order valence-corrected chi connectivity index (χ0v) is 15.1. The smallest absolute Gasteiger partial charge is 0.414 e.